The van der Waals surface area contributed by atoms with Gasteiger partial charge in [-0.1, -0.05) is 18.2 Å². The normalized spacial score (nSPS) is 19.9. The third-order valence-corrected chi connectivity index (χ3v) is 4.06. The summed E-state index contributed by atoms with van der Waals surface area (Å²) in [6, 6.07) is 8.72. The number of carbonyl (C=O) groups is 2. The zero-order chi connectivity index (χ0) is 15.0. The fourth-order valence-electron chi connectivity index (χ4n) is 2.87. The van der Waals surface area contributed by atoms with Crippen molar-refractivity contribution >= 4 is 22.8 Å². The van der Waals surface area contributed by atoms with Crippen LogP contribution in [0.2, 0.25) is 0 Å². The number of carboxylic acid groups (broad SMARTS) is 1. The van der Waals surface area contributed by atoms with Gasteiger partial charge in [-0.2, -0.15) is 0 Å². The molecule has 1 saturated heterocycles. The molecule has 1 aromatic carbocycles. The van der Waals surface area contributed by atoms with Crippen molar-refractivity contribution < 1.29 is 19.1 Å². The van der Waals surface area contributed by atoms with Crippen LogP contribution in [0, 0.1) is 0 Å². The SMILES string of the molecule is C[C@@H](C(=O)N1CCC[C@@H]1C(=O)O)c1cc2ccccc2o1. The molecule has 1 aromatic heterocycles. The lowest BCUT2D eigenvalue weighted by Gasteiger charge is -2.24. The number of nitrogens with zero attached hydrogens (tertiary/aromatic N) is 1. The standard InChI is InChI=1S/C16H17NO4/c1-10(14-9-11-5-2-3-7-13(11)21-14)15(18)17-8-4-6-12(17)16(19)20/h2-3,5,7,9-10,12H,4,6,8H2,1H3,(H,19,20)/t10-,12-/m1/s1. The van der Waals surface area contributed by atoms with Gasteiger partial charge in [-0.15, -0.1) is 0 Å². The van der Waals surface area contributed by atoms with Crippen LogP contribution in [-0.4, -0.2) is 34.5 Å². The molecule has 2 atom stereocenters. The summed E-state index contributed by atoms with van der Waals surface area (Å²) in [6.45, 7) is 2.26. The molecule has 1 amide bonds. The van der Waals surface area contributed by atoms with Crippen LogP contribution in [-0.2, 0) is 9.59 Å². The second-order valence-corrected chi connectivity index (χ2v) is 5.44. The highest BCUT2D eigenvalue weighted by molar-refractivity contribution is 5.89. The molecular formula is C16H17NO4. The highest BCUT2D eigenvalue weighted by Gasteiger charge is 2.36. The van der Waals surface area contributed by atoms with Crippen molar-refractivity contribution in [2.45, 2.75) is 31.7 Å². The number of likely N-dealkylation sites (tertiary alicyclic amines) is 1. The molecule has 1 aliphatic heterocycles. The van der Waals surface area contributed by atoms with E-state index in [1.807, 2.05) is 30.3 Å². The van der Waals surface area contributed by atoms with Gasteiger partial charge in [0.15, 0.2) is 0 Å². The van der Waals surface area contributed by atoms with Crippen molar-refractivity contribution in [2.75, 3.05) is 6.54 Å². The van der Waals surface area contributed by atoms with Crippen LogP contribution < -0.4 is 0 Å². The van der Waals surface area contributed by atoms with Gasteiger partial charge in [0.2, 0.25) is 5.91 Å². The molecule has 1 fully saturated rings. The zero-order valence-corrected chi connectivity index (χ0v) is 11.8. The quantitative estimate of drug-likeness (QED) is 0.942. The number of carbonyl (C=O) groups excluding carboxylic acids is 1. The molecule has 2 aromatic rings. The van der Waals surface area contributed by atoms with Crippen LogP contribution in [0.25, 0.3) is 11.0 Å². The molecule has 3 rings (SSSR count). The number of hydrogen-bond donors (Lipinski definition) is 1. The number of hydrogen-bond acceptors (Lipinski definition) is 3. The highest BCUT2D eigenvalue weighted by atomic mass is 16.4. The van der Waals surface area contributed by atoms with E-state index >= 15 is 0 Å². The Bertz CT molecular complexity index is 657. The number of carboxylic acids is 1. The summed E-state index contributed by atoms with van der Waals surface area (Å²) < 4.78 is 5.71. The third-order valence-electron chi connectivity index (χ3n) is 4.06. The molecule has 0 saturated carbocycles. The van der Waals surface area contributed by atoms with Crippen molar-refractivity contribution in [1.82, 2.24) is 4.90 Å². The Morgan fingerprint density at radius 1 is 1.38 bits per heavy atom. The van der Waals surface area contributed by atoms with Gasteiger partial charge in [0.05, 0.1) is 5.92 Å². The molecule has 0 radical (unpaired) electrons. The number of aliphatic carboxylic acids is 1. The number of amides is 1. The van der Waals surface area contributed by atoms with E-state index < -0.39 is 17.9 Å². The lowest BCUT2D eigenvalue weighted by atomic mass is 10.1. The summed E-state index contributed by atoms with van der Waals surface area (Å²) in [6.07, 6.45) is 1.25. The first kappa shape index (κ1) is 13.7. The number of furan rings is 1. The van der Waals surface area contributed by atoms with E-state index in [2.05, 4.69) is 0 Å². The molecule has 1 N–H and O–H groups in total. The smallest absolute Gasteiger partial charge is 0.326 e. The van der Waals surface area contributed by atoms with Crippen LogP contribution in [0.1, 0.15) is 31.4 Å². The Hall–Kier alpha value is -2.30. The van der Waals surface area contributed by atoms with Crippen molar-refractivity contribution in [2.24, 2.45) is 0 Å². The first-order valence-corrected chi connectivity index (χ1v) is 7.09. The summed E-state index contributed by atoms with van der Waals surface area (Å²) >= 11 is 0. The van der Waals surface area contributed by atoms with E-state index in [0.29, 0.717) is 18.7 Å². The lowest BCUT2D eigenvalue weighted by Crippen LogP contribution is -2.42. The van der Waals surface area contributed by atoms with Gasteiger partial charge in [0, 0.05) is 11.9 Å². The lowest BCUT2D eigenvalue weighted by molar-refractivity contribution is -0.148. The molecule has 2 heterocycles. The van der Waals surface area contributed by atoms with E-state index in [4.69, 9.17) is 4.42 Å². The molecule has 21 heavy (non-hydrogen) atoms. The topological polar surface area (TPSA) is 70.8 Å². The van der Waals surface area contributed by atoms with Gasteiger partial charge in [-0.3, -0.25) is 4.79 Å². The van der Waals surface area contributed by atoms with Crippen LogP contribution >= 0.6 is 0 Å². The monoisotopic (exact) mass is 287 g/mol. The van der Waals surface area contributed by atoms with Crippen molar-refractivity contribution in [3.05, 3.63) is 36.1 Å². The van der Waals surface area contributed by atoms with Crippen molar-refractivity contribution in [1.29, 1.82) is 0 Å². The van der Waals surface area contributed by atoms with Gasteiger partial charge in [-0.05, 0) is 31.9 Å². The fourth-order valence-corrected chi connectivity index (χ4v) is 2.87. The Kier molecular flexibility index (Phi) is 3.41. The second kappa shape index (κ2) is 5.24. The Morgan fingerprint density at radius 3 is 2.86 bits per heavy atom. The zero-order valence-electron chi connectivity index (χ0n) is 11.8. The van der Waals surface area contributed by atoms with Crippen LogP contribution in [0.4, 0.5) is 0 Å². The first-order chi connectivity index (χ1) is 10.1. The molecule has 0 spiro atoms. The second-order valence-electron chi connectivity index (χ2n) is 5.44. The largest absolute Gasteiger partial charge is 0.480 e. The third kappa shape index (κ3) is 2.39. The summed E-state index contributed by atoms with van der Waals surface area (Å²) in [5, 5.41) is 10.1. The Morgan fingerprint density at radius 2 is 2.14 bits per heavy atom. The minimum atomic E-state index is -0.933. The molecule has 5 nitrogen and oxygen atoms in total. The average molecular weight is 287 g/mol. The van der Waals surface area contributed by atoms with Gasteiger partial charge in [0.1, 0.15) is 17.4 Å². The van der Waals surface area contributed by atoms with Gasteiger partial charge < -0.3 is 14.4 Å². The molecule has 0 aliphatic carbocycles. The molecule has 0 bridgehead atoms. The number of para-hydroxylation sites is 1. The van der Waals surface area contributed by atoms with Crippen LogP contribution in [0.15, 0.2) is 34.7 Å². The van der Waals surface area contributed by atoms with Gasteiger partial charge >= 0.3 is 5.97 Å². The maximum Gasteiger partial charge on any atom is 0.326 e. The molecule has 5 heteroatoms. The summed E-state index contributed by atoms with van der Waals surface area (Å²) in [5.74, 6) is -1.01. The number of fused-ring (bicyclic) bond motifs is 1. The molecule has 1 aliphatic rings. The maximum absolute atomic E-state index is 12.5. The van der Waals surface area contributed by atoms with E-state index in [9.17, 15) is 14.7 Å². The predicted molar refractivity (Wildman–Crippen MR) is 77.0 cm³/mol. The number of benzene rings is 1. The number of rotatable bonds is 3. The Labute approximate surface area is 122 Å². The summed E-state index contributed by atoms with van der Waals surface area (Å²) in [5.41, 5.74) is 0.739. The van der Waals surface area contributed by atoms with E-state index in [1.54, 1.807) is 6.92 Å². The minimum Gasteiger partial charge on any atom is -0.480 e. The predicted octanol–water partition coefficient (Wildman–Crippen LogP) is 2.61. The minimum absolute atomic E-state index is 0.182. The van der Waals surface area contributed by atoms with E-state index in [-0.39, 0.29) is 5.91 Å². The van der Waals surface area contributed by atoms with Gasteiger partial charge in [0.25, 0.3) is 0 Å². The fraction of sp³-hybridized carbons (Fsp3) is 0.375. The Balaban J connectivity index is 1.85. The van der Waals surface area contributed by atoms with E-state index in [0.717, 1.165) is 17.4 Å². The highest BCUT2D eigenvalue weighted by Crippen LogP contribution is 2.28. The molecule has 0 unspecified atom stereocenters. The van der Waals surface area contributed by atoms with Crippen molar-refractivity contribution in [3.63, 3.8) is 0 Å². The van der Waals surface area contributed by atoms with Crippen LogP contribution in [0.3, 0.4) is 0 Å². The van der Waals surface area contributed by atoms with Gasteiger partial charge in [-0.25, -0.2) is 4.79 Å². The first-order valence-electron chi connectivity index (χ1n) is 7.09. The van der Waals surface area contributed by atoms with E-state index in [1.165, 1.54) is 4.90 Å². The molecule has 110 valence electrons. The average Bonchev–Trinajstić information content (AvgIpc) is 3.11. The molecular weight excluding hydrogens is 270 g/mol. The summed E-state index contributed by atoms with van der Waals surface area (Å²) in [4.78, 5) is 25.2. The van der Waals surface area contributed by atoms with Crippen LogP contribution in [0.5, 0.6) is 0 Å². The maximum atomic E-state index is 12.5. The summed E-state index contributed by atoms with van der Waals surface area (Å²) in [7, 11) is 0. The van der Waals surface area contributed by atoms with Crippen molar-refractivity contribution in [3.8, 4) is 0 Å².